The Balaban J connectivity index is 1.90. The third kappa shape index (κ3) is 3.40. The van der Waals surface area contributed by atoms with Gasteiger partial charge in [-0.15, -0.1) is 0 Å². The number of nitrogens with one attached hydrogen (secondary N) is 1. The summed E-state index contributed by atoms with van der Waals surface area (Å²) in [5.74, 6) is -0.292. The van der Waals surface area contributed by atoms with Gasteiger partial charge in [0.05, 0.1) is 6.54 Å². The molecule has 2 heterocycles. The van der Waals surface area contributed by atoms with Crippen molar-refractivity contribution in [2.24, 2.45) is 5.10 Å². The van der Waals surface area contributed by atoms with Crippen molar-refractivity contribution >= 4 is 17.5 Å². The average molecular weight is 263 g/mol. The van der Waals surface area contributed by atoms with Crippen LogP contribution in [0.25, 0.3) is 0 Å². The molecule has 2 rings (SSSR count). The van der Waals surface area contributed by atoms with E-state index in [4.69, 9.17) is 0 Å². The molecule has 1 N–H and O–H groups in total. The van der Waals surface area contributed by atoms with Crippen LogP contribution in [0.5, 0.6) is 0 Å². The Morgan fingerprint density at radius 3 is 2.95 bits per heavy atom. The topological polar surface area (TPSA) is 79.6 Å². The van der Waals surface area contributed by atoms with Crippen molar-refractivity contribution in [3.8, 4) is 0 Å². The average Bonchev–Trinajstić information content (AvgIpc) is 2.85. The maximum absolute atomic E-state index is 12.0. The first-order valence-corrected chi connectivity index (χ1v) is 6.18. The van der Waals surface area contributed by atoms with E-state index in [9.17, 15) is 9.59 Å². The Kier molecular flexibility index (Phi) is 3.94. The summed E-state index contributed by atoms with van der Waals surface area (Å²) >= 11 is 0. The molecular formula is C12H17N5O2. The number of carbonyl (C=O) groups is 2. The highest BCUT2D eigenvalue weighted by atomic mass is 16.2. The largest absolute Gasteiger partial charge is 0.347 e. The molecule has 0 fully saturated rings. The van der Waals surface area contributed by atoms with Gasteiger partial charge in [-0.1, -0.05) is 0 Å². The number of aromatic nitrogens is 2. The molecule has 102 valence electrons. The predicted octanol–water partition coefficient (Wildman–Crippen LogP) is -0.00400. The van der Waals surface area contributed by atoms with Crippen LogP contribution in [0.4, 0.5) is 0 Å². The van der Waals surface area contributed by atoms with Crippen LogP contribution in [0.2, 0.25) is 0 Å². The summed E-state index contributed by atoms with van der Waals surface area (Å²) in [6.07, 6.45) is 4.26. The fourth-order valence-electron chi connectivity index (χ4n) is 1.87. The highest BCUT2D eigenvalue weighted by molar-refractivity contribution is 6.39. The van der Waals surface area contributed by atoms with Gasteiger partial charge in [-0.3, -0.25) is 14.3 Å². The Bertz CT molecular complexity index is 494. The number of carbonyl (C=O) groups excluding carboxylic acids is 2. The van der Waals surface area contributed by atoms with Gasteiger partial charge in [0, 0.05) is 38.3 Å². The van der Waals surface area contributed by atoms with E-state index in [1.165, 1.54) is 5.01 Å². The second kappa shape index (κ2) is 5.64. The fraction of sp³-hybridized carbons (Fsp3) is 0.500. The molecule has 0 saturated heterocycles. The molecule has 1 unspecified atom stereocenters. The molecule has 0 radical (unpaired) electrons. The van der Waals surface area contributed by atoms with Gasteiger partial charge in [0.15, 0.2) is 0 Å². The summed E-state index contributed by atoms with van der Waals surface area (Å²) in [5, 5.41) is 12.1. The van der Waals surface area contributed by atoms with Crippen molar-refractivity contribution in [2.75, 3.05) is 7.05 Å². The molecule has 0 aliphatic carbocycles. The Morgan fingerprint density at radius 1 is 1.53 bits per heavy atom. The molecule has 7 heteroatoms. The van der Waals surface area contributed by atoms with Crippen LogP contribution < -0.4 is 5.32 Å². The molecule has 0 aromatic carbocycles. The molecule has 0 bridgehead atoms. The minimum atomic E-state index is -0.223. The van der Waals surface area contributed by atoms with Crippen molar-refractivity contribution < 1.29 is 9.59 Å². The smallest absolute Gasteiger partial charge is 0.267 e. The summed E-state index contributed by atoms with van der Waals surface area (Å²) < 4.78 is 1.75. The zero-order valence-corrected chi connectivity index (χ0v) is 11.0. The second-order valence-electron chi connectivity index (χ2n) is 4.57. The maximum atomic E-state index is 12.0. The van der Waals surface area contributed by atoms with Crippen LogP contribution in [0, 0.1) is 0 Å². The van der Waals surface area contributed by atoms with Gasteiger partial charge in [-0.05, 0) is 13.0 Å². The molecule has 0 saturated carbocycles. The van der Waals surface area contributed by atoms with Gasteiger partial charge in [0.2, 0.25) is 5.91 Å². The van der Waals surface area contributed by atoms with Gasteiger partial charge >= 0.3 is 0 Å². The van der Waals surface area contributed by atoms with Crippen LogP contribution in [0.15, 0.2) is 23.6 Å². The summed E-state index contributed by atoms with van der Waals surface area (Å²) in [6, 6.07) is 1.78. The van der Waals surface area contributed by atoms with Gasteiger partial charge in [-0.2, -0.15) is 10.2 Å². The number of nitrogens with zero attached hydrogens (tertiary/aromatic N) is 4. The molecular weight excluding hydrogens is 246 g/mol. The van der Waals surface area contributed by atoms with Crippen molar-refractivity contribution in [3.05, 3.63) is 18.5 Å². The van der Waals surface area contributed by atoms with E-state index in [1.54, 1.807) is 17.9 Å². The van der Waals surface area contributed by atoms with Crippen molar-refractivity contribution in [3.63, 3.8) is 0 Å². The van der Waals surface area contributed by atoms with Crippen LogP contribution in [-0.2, 0) is 16.1 Å². The minimum absolute atomic E-state index is 0.0574. The zero-order chi connectivity index (χ0) is 13.8. The number of rotatable bonds is 4. The molecule has 2 amide bonds. The van der Waals surface area contributed by atoms with Crippen LogP contribution in [-0.4, -0.2) is 45.4 Å². The van der Waals surface area contributed by atoms with Gasteiger partial charge in [0.25, 0.3) is 5.91 Å². The lowest BCUT2D eigenvalue weighted by molar-refractivity contribution is -0.130. The second-order valence-corrected chi connectivity index (χ2v) is 4.57. The predicted molar refractivity (Wildman–Crippen MR) is 69.3 cm³/mol. The van der Waals surface area contributed by atoms with Crippen LogP contribution in [0.1, 0.15) is 19.8 Å². The Hall–Kier alpha value is -2.18. The minimum Gasteiger partial charge on any atom is -0.347 e. The van der Waals surface area contributed by atoms with E-state index in [-0.39, 0.29) is 17.9 Å². The van der Waals surface area contributed by atoms with Crippen molar-refractivity contribution in [1.82, 2.24) is 20.1 Å². The third-order valence-corrected chi connectivity index (χ3v) is 2.87. The van der Waals surface area contributed by atoms with Crippen molar-refractivity contribution in [2.45, 2.75) is 32.4 Å². The summed E-state index contributed by atoms with van der Waals surface area (Å²) in [5.41, 5.74) is 0.398. The van der Waals surface area contributed by atoms with Crippen LogP contribution >= 0.6 is 0 Å². The SMILES string of the molecule is CC(Cn1cccn1)NC(=O)C1=NN(C)C(=O)CC1. The van der Waals surface area contributed by atoms with E-state index in [0.717, 1.165) is 0 Å². The Morgan fingerprint density at radius 2 is 2.32 bits per heavy atom. The molecule has 0 spiro atoms. The van der Waals surface area contributed by atoms with Gasteiger partial charge in [-0.25, -0.2) is 5.01 Å². The van der Waals surface area contributed by atoms with Crippen LogP contribution in [0.3, 0.4) is 0 Å². The number of amides is 2. The lowest BCUT2D eigenvalue weighted by atomic mass is 10.1. The summed E-state index contributed by atoms with van der Waals surface area (Å²) in [4.78, 5) is 23.3. The monoisotopic (exact) mass is 263 g/mol. The van der Waals surface area contributed by atoms with E-state index >= 15 is 0 Å². The number of hydrazone groups is 1. The quantitative estimate of drug-likeness (QED) is 0.830. The van der Waals surface area contributed by atoms with Gasteiger partial charge in [0.1, 0.15) is 5.71 Å². The standard InChI is InChI=1S/C12H17N5O2/c1-9(8-17-7-3-6-13-17)14-12(19)10-4-5-11(18)16(2)15-10/h3,6-7,9H,4-5,8H2,1-2H3,(H,14,19). The first-order chi connectivity index (χ1) is 9.06. The van der Waals surface area contributed by atoms with Crippen molar-refractivity contribution in [1.29, 1.82) is 0 Å². The normalized spacial score (nSPS) is 17.1. The highest BCUT2D eigenvalue weighted by Gasteiger charge is 2.22. The lowest BCUT2D eigenvalue weighted by Gasteiger charge is -2.20. The van der Waals surface area contributed by atoms with Gasteiger partial charge < -0.3 is 5.32 Å². The number of hydrogen-bond donors (Lipinski definition) is 1. The fourth-order valence-corrected chi connectivity index (χ4v) is 1.87. The molecule has 7 nitrogen and oxygen atoms in total. The van der Waals surface area contributed by atoms with E-state index < -0.39 is 0 Å². The summed E-state index contributed by atoms with van der Waals surface area (Å²) in [6.45, 7) is 2.50. The molecule has 1 aliphatic rings. The lowest BCUT2D eigenvalue weighted by Crippen LogP contribution is -2.42. The van der Waals surface area contributed by atoms with E-state index in [0.29, 0.717) is 25.1 Å². The Labute approximate surface area is 111 Å². The molecule has 19 heavy (non-hydrogen) atoms. The summed E-state index contributed by atoms with van der Waals surface area (Å²) in [7, 11) is 1.56. The molecule has 1 aromatic heterocycles. The first-order valence-electron chi connectivity index (χ1n) is 6.18. The van der Waals surface area contributed by atoms with E-state index in [1.807, 2.05) is 19.2 Å². The van der Waals surface area contributed by atoms with E-state index in [2.05, 4.69) is 15.5 Å². The molecule has 1 aromatic rings. The first kappa shape index (κ1) is 13.3. The number of hydrogen-bond acceptors (Lipinski definition) is 4. The third-order valence-electron chi connectivity index (χ3n) is 2.87. The molecule has 1 atom stereocenters. The molecule has 1 aliphatic heterocycles. The highest BCUT2D eigenvalue weighted by Crippen LogP contribution is 2.07. The zero-order valence-electron chi connectivity index (χ0n) is 11.0. The maximum Gasteiger partial charge on any atom is 0.267 e.